The number of nitrogens with one attached hydrogen (secondary N) is 1. The quantitative estimate of drug-likeness (QED) is 0.844. The fourth-order valence-electron chi connectivity index (χ4n) is 3.52. The second kappa shape index (κ2) is 6.62. The average molecular weight is 274 g/mol. The molecule has 1 N–H and O–H groups in total. The molecule has 1 aromatic carbocycles. The molecule has 2 heteroatoms. The lowest BCUT2D eigenvalue weighted by Gasteiger charge is -2.36. The zero-order valence-electron chi connectivity index (χ0n) is 13.6. The summed E-state index contributed by atoms with van der Waals surface area (Å²) < 4.78 is 0. The molecule has 0 aromatic heterocycles. The van der Waals surface area contributed by atoms with E-state index in [2.05, 4.69) is 62.3 Å². The van der Waals surface area contributed by atoms with Crippen molar-refractivity contribution >= 4 is 5.69 Å². The molecular weight excluding hydrogens is 244 g/mol. The van der Waals surface area contributed by atoms with E-state index in [0.29, 0.717) is 11.5 Å². The average Bonchev–Trinajstić information content (AvgIpc) is 2.86. The van der Waals surface area contributed by atoms with E-state index in [0.717, 1.165) is 13.1 Å². The number of hydrogen-bond donors (Lipinski definition) is 1. The highest BCUT2D eigenvalue weighted by atomic mass is 15.1. The number of hydrogen-bond acceptors (Lipinski definition) is 2. The van der Waals surface area contributed by atoms with Gasteiger partial charge in [-0.1, -0.05) is 44.9 Å². The predicted molar refractivity (Wildman–Crippen MR) is 88.5 cm³/mol. The fourth-order valence-corrected chi connectivity index (χ4v) is 3.52. The maximum Gasteiger partial charge on any atom is 0.0393 e. The Morgan fingerprint density at radius 2 is 1.85 bits per heavy atom. The number of para-hydroxylation sites is 1. The molecule has 112 valence electrons. The van der Waals surface area contributed by atoms with Crippen molar-refractivity contribution in [2.75, 3.05) is 25.0 Å². The molecule has 0 spiro atoms. The lowest BCUT2D eigenvalue weighted by Crippen LogP contribution is -2.43. The van der Waals surface area contributed by atoms with Crippen LogP contribution in [0.4, 0.5) is 5.69 Å². The second-order valence-corrected chi connectivity index (χ2v) is 6.89. The summed E-state index contributed by atoms with van der Waals surface area (Å²) in [6, 6.07) is 9.30. The fraction of sp³-hybridized carbons (Fsp3) is 0.667. The molecule has 0 heterocycles. The topological polar surface area (TPSA) is 15.3 Å². The van der Waals surface area contributed by atoms with Crippen LogP contribution in [-0.2, 0) is 0 Å². The van der Waals surface area contributed by atoms with Crippen LogP contribution < -0.4 is 10.2 Å². The zero-order valence-corrected chi connectivity index (χ0v) is 13.6. The van der Waals surface area contributed by atoms with Gasteiger partial charge in [0.25, 0.3) is 0 Å². The third kappa shape index (κ3) is 3.76. The minimum atomic E-state index is 0.460. The van der Waals surface area contributed by atoms with Crippen LogP contribution in [0.3, 0.4) is 0 Å². The van der Waals surface area contributed by atoms with Crippen molar-refractivity contribution in [2.45, 2.75) is 52.5 Å². The van der Waals surface area contributed by atoms with E-state index in [-0.39, 0.29) is 0 Å². The molecule has 0 unspecified atom stereocenters. The first-order valence-corrected chi connectivity index (χ1v) is 8.03. The smallest absolute Gasteiger partial charge is 0.0393 e. The van der Waals surface area contributed by atoms with Crippen molar-refractivity contribution in [3.05, 3.63) is 29.8 Å². The van der Waals surface area contributed by atoms with Crippen molar-refractivity contribution in [2.24, 2.45) is 5.41 Å². The lowest BCUT2D eigenvalue weighted by atomic mass is 9.85. The minimum Gasteiger partial charge on any atom is -0.374 e. The van der Waals surface area contributed by atoms with Gasteiger partial charge in [0.2, 0.25) is 0 Å². The van der Waals surface area contributed by atoms with Crippen LogP contribution >= 0.6 is 0 Å². The van der Waals surface area contributed by atoms with Gasteiger partial charge in [-0.2, -0.15) is 0 Å². The summed E-state index contributed by atoms with van der Waals surface area (Å²) in [6.07, 6.45) is 5.51. The first kappa shape index (κ1) is 15.4. The van der Waals surface area contributed by atoms with Crippen LogP contribution in [0, 0.1) is 12.3 Å². The molecule has 2 nitrogen and oxygen atoms in total. The molecule has 0 amide bonds. The Kier molecular flexibility index (Phi) is 5.09. The Morgan fingerprint density at radius 3 is 2.45 bits per heavy atom. The number of benzene rings is 1. The molecule has 1 saturated carbocycles. The highest BCUT2D eigenvalue weighted by Crippen LogP contribution is 2.39. The van der Waals surface area contributed by atoms with Crippen LogP contribution in [0.25, 0.3) is 0 Å². The van der Waals surface area contributed by atoms with E-state index in [1.165, 1.54) is 36.9 Å². The standard InChI is InChI=1S/C18H30N2/c1-15(2)19-13-18(11-7-8-12-18)14-20(4)17-10-6-5-9-16(17)3/h5-6,9-10,15,19H,7-8,11-14H2,1-4H3. The minimum absolute atomic E-state index is 0.460. The maximum atomic E-state index is 3.67. The highest BCUT2D eigenvalue weighted by Gasteiger charge is 2.35. The van der Waals surface area contributed by atoms with Gasteiger partial charge in [0.05, 0.1) is 0 Å². The van der Waals surface area contributed by atoms with Crippen LogP contribution in [0.2, 0.25) is 0 Å². The Bertz CT molecular complexity index is 419. The van der Waals surface area contributed by atoms with E-state index in [9.17, 15) is 0 Å². The van der Waals surface area contributed by atoms with Gasteiger partial charge in [-0.05, 0) is 31.4 Å². The molecule has 20 heavy (non-hydrogen) atoms. The zero-order chi connectivity index (χ0) is 14.6. The molecule has 1 aromatic rings. The van der Waals surface area contributed by atoms with Crippen LogP contribution in [0.15, 0.2) is 24.3 Å². The van der Waals surface area contributed by atoms with E-state index >= 15 is 0 Å². The predicted octanol–water partition coefficient (Wildman–Crippen LogP) is 3.99. The van der Waals surface area contributed by atoms with E-state index in [1.807, 2.05) is 0 Å². The molecule has 0 atom stereocenters. The molecule has 1 aliphatic rings. The van der Waals surface area contributed by atoms with Crippen molar-refractivity contribution < 1.29 is 0 Å². The first-order chi connectivity index (χ1) is 9.52. The molecule has 1 fully saturated rings. The Morgan fingerprint density at radius 1 is 1.20 bits per heavy atom. The van der Waals surface area contributed by atoms with Gasteiger partial charge in [-0.3, -0.25) is 0 Å². The molecule has 2 rings (SSSR count). The number of anilines is 1. The molecule has 0 bridgehead atoms. The largest absolute Gasteiger partial charge is 0.374 e. The molecule has 0 aliphatic heterocycles. The monoisotopic (exact) mass is 274 g/mol. The Hall–Kier alpha value is -1.02. The maximum absolute atomic E-state index is 3.67. The van der Waals surface area contributed by atoms with Crippen molar-refractivity contribution in [3.63, 3.8) is 0 Å². The van der Waals surface area contributed by atoms with Gasteiger partial charge in [0, 0.05) is 37.3 Å². The van der Waals surface area contributed by atoms with Crippen LogP contribution in [0.1, 0.15) is 45.1 Å². The summed E-state index contributed by atoms with van der Waals surface area (Å²) in [5, 5.41) is 3.67. The van der Waals surface area contributed by atoms with Crippen molar-refractivity contribution in [1.29, 1.82) is 0 Å². The van der Waals surface area contributed by atoms with Crippen LogP contribution in [-0.4, -0.2) is 26.2 Å². The first-order valence-electron chi connectivity index (χ1n) is 8.03. The van der Waals surface area contributed by atoms with Gasteiger partial charge in [-0.25, -0.2) is 0 Å². The Labute approximate surface area is 124 Å². The summed E-state index contributed by atoms with van der Waals surface area (Å²) in [4.78, 5) is 2.46. The van der Waals surface area contributed by atoms with Crippen molar-refractivity contribution in [1.82, 2.24) is 5.32 Å². The number of nitrogens with zero attached hydrogens (tertiary/aromatic N) is 1. The van der Waals surface area contributed by atoms with Gasteiger partial charge in [0.15, 0.2) is 0 Å². The van der Waals surface area contributed by atoms with Gasteiger partial charge >= 0.3 is 0 Å². The summed E-state index contributed by atoms with van der Waals surface area (Å²) in [5.41, 5.74) is 3.21. The molecular formula is C18H30N2. The number of rotatable bonds is 6. The van der Waals surface area contributed by atoms with E-state index < -0.39 is 0 Å². The third-order valence-corrected chi connectivity index (χ3v) is 4.65. The Balaban J connectivity index is 2.06. The second-order valence-electron chi connectivity index (χ2n) is 6.89. The van der Waals surface area contributed by atoms with Gasteiger partial charge in [0.1, 0.15) is 0 Å². The molecule has 0 radical (unpaired) electrons. The summed E-state index contributed by atoms with van der Waals surface area (Å²) in [7, 11) is 2.25. The normalized spacial score (nSPS) is 17.6. The summed E-state index contributed by atoms with van der Waals surface area (Å²) in [6.45, 7) is 9.01. The third-order valence-electron chi connectivity index (χ3n) is 4.65. The van der Waals surface area contributed by atoms with Crippen LogP contribution in [0.5, 0.6) is 0 Å². The summed E-state index contributed by atoms with van der Waals surface area (Å²) >= 11 is 0. The molecule has 0 saturated heterocycles. The van der Waals surface area contributed by atoms with E-state index in [1.54, 1.807) is 0 Å². The number of aryl methyl sites for hydroxylation is 1. The lowest BCUT2D eigenvalue weighted by molar-refractivity contribution is 0.278. The van der Waals surface area contributed by atoms with Gasteiger partial charge in [-0.15, -0.1) is 0 Å². The van der Waals surface area contributed by atoms with Gasteiger partial charge < -0.3 is 10.2 Å². The SMILES string of the molecule is Cc1ccccc1N(C)CC1(CNC(C)C)CCCC1. The highest BCUT2D eigenvalue weighted by molar-refractivity contribution is 5.52. The van der Waals surface area contributed by atoms with Crippen molar-refractivity contribution in [3.8, 4) is 0 Å². The molecule has 1 aliphatic carbocycles. The van der Waals surface area contributed by atoms with E-state index in [4.69, 9.17) is 0 Å². The summed E-state index contributed by atoms with van der Waals surface area (Å²) in [5.74, 6) is 0.